The summed E-state index contributed by atoms with van der Waals surface area (Å²) in [4.78, 5) is 17.4. The number of aryl methyl sites for hydroxylation is 1. The first-order chi connectivity index (χ1) is 8.09. The molecule has 0 fully saturated rings. The highest BCUT2D eigenvalue weighted by molar-refractivity contribution is 5.94. The van der Waals surface area contributed by atoms with E-state index in [1.165, 1.54) is 4.90 Å². The Bertz CT molecular complexity index is 531. The molecule has 0 spiro atoms. The zero-order valence-electron chi connectivity index (χ0n) is 10.1. The number of aromatic nitrogens is 3. The Morgan fingerprint density at radius 1 is 1.41 bits per heavy atom. The monoisotopic (exact) mass is 230 g/mol. The quantitative estimate of drug-likeness (QED) is 0.780. The van der Waals surface area contributed by atoms with Crippen LogP contribution in [0.3, 0.4) is 0 Å². The molecule has 2 aromatic rings. The molecule has 0 radical (unpaired) electrons. The smallest absolute Gasteiger partial charge is 0.256 e. The molecule has 88 valence electrons. The van der Waals surface area contributed by atoms with Gasteiger partial charge in [-0.15, -0.1) is 0 Å². The molecule has 0 saturated carbocycles. The summed E-state index contributed by atoms with van der Waals surface area (Å²) in [6.45, 7) is 1.82. The minimum atomic E-state index is -0.0439. The Morgan fingerprint density at radius 2 is 2.18 bits per heavy atom. The Morgan fingerprint density at radius 3 is 2.76 bits per heavy atom. The molecule has 1 amide bonds. The Balaban J connectivity index is 2.41. The zero-order valence-corrected chi connectivity index (χ0v) is 10.1. The van der Waals surface area contributed by atoms with Gasteiger partial charge in [0, 0.05) is 26.5 Å². The molecule has 17 heavy (non-hydrogen) atoms. The minimum absolute atomic E-state index is 0.0439. The third kappa shape index (κ3) is 2.18. The third-order valence-electron chi connectivity index (χ3n) is 2.45. The highest BCUT2D eigenvalue weighted by atomic mass is 16.2. The van der Waals surface area contributed by atoms with Gasteiger partial charge in [0.25, 0.3) is 5.91 Å². The second-order valence-corrected chi connectivity index (χ2v) is 3.98. The highest BCUT2D eigenvalue weighted by Gasteiger charge is 2.15. The van der Waals surface area contributed by atoms with Gasteiger partial charge in [0.2, 0.25) is 0 Å². The van der Waals surface area contributed by atoms with Crippen molar-refractivity contribution in [3.63, 3.8) is 0 Å². The van der Waals surface area contributed by atoms with Gasteiger partial charge in [-0.2, -0.15) is 5.10 Å². The van der Waals surface area contributed by atoms with Crippen LogP contribution >= 0.6 is 0 Å². The average molecular weight is 230 g/mol. The van der Waals surface area contributed by atoms with Crippen LogP contribution in [-0.2, 0) is 0 Å². The molecule has 0 aliphatic heterocycles. The lowest BCUT2D eigenvalue weighted by Crippen LogP contribution is -2.21. The van der Waals surface area contributed by atoms with E-state index in [2.05, 4.69) is 10.1 Å². The molecule has 2 rings (SSSR count). The largest absolute Gasteiger partial charge is 0.345 e. The first-order valence-corrected chi connectivity index (χ1v) is 5.28. The highest BCUT2D eigenvalue weighted by Crippen LogP contribution is 2.12. The van der Waals surface area contributed by atoms with Gasteiger partial charge in [-0.05, 0) is 19.1 Å². The lowest BCUT2D eigenvalue weighted by Gasteiger charge is -2.08. The summed E-state index contributed by atoms with van der Waals surface area (Å²) in [5.74, 6) is -0.0439. The molecule has 0 aliphatic carbocycles. The van der Waals surface area contributed by atoms with Crippen molar-refractivity contribution in [2.75, 3.05) is 14.1 Å². The van der Waals surface area contributed by atoms with Crippen LogP contribution in [0.1, 0.15) is 16.1 Å². The SMILES string of the molecule is Cc1nn(-c2cccnc2)cc1C(=O)N(C)C. The lowest BCUT2D eigenvalue weighted by atomic mass is 10.2. The number of nitrogens with zero attached hydrogens (tertiary/aromatic N) is 4. The van der Waals surface area contributed by atoms with Gasteiger partial charge in [-0.3, -0.25) is 9.78 Å². The van der Waals surface area contributed by atoms with Crippen LogP contribution < -0.4 is 0 Å². The number of rotatable bonds is 2. The van der Waals surface area contributed by atoms with E-state index in [9.17, 15) is 4.79 Å². The predicted molar refractivity (Wildman–Crippen MR) is 64.1 cm³/mol. The number of hydrogen-bond donors (Lipinski definition) is 0. The molecule has 0 aromatic carbocycles. The van der Waals surface area contributed by atoms with Crippen molar-refractivity contribution >= 4 is 5.91 Å². The Kier molecular flexibility index (Phi) is 2.91. The van der Waals surface area contributed by atoms with Crippen LogP contribution in [0.15, 0.2) is 30.7 Å². The van der Waals surface area contributed by atoms with Crippen molar-refractivity contribution in [1.82, 2.24) is 19.7 Å². The number of pyridine rings is 1. The molecule has 0 aliphatic rings. The maximum atomic E-state index is 11.9. The van der Waals surface area contributed by atoms with E-state index in [0.29, 0.717) is 11.3 Å². The van der Waals surface area contributed by atoms with Gasteiger partial charge in [0.05, 0.1) is 23.1 Å². The van der Waals surface area contributed by atoms with Crippen LogP contribution in [0.25, 0.3) is 5.69 Å². The van der Waals surface area contributed by atoms with E-state index in [1.54, 1.807) is 37.4 Å². The van der Waals surface area contributed by atoms with E-state index < -0.39 is 0 Å². The summed E-state index contributed by atoms with van der Waals surface area (Å²) < 4.78 is 1.67. The molecular formula is C12H14N4O. The van der Waals surface area contributed by atoms with Crippen molar-refractivity contribution < 1.29 is 4.79 Å². The molecule has 0 atom stereocenters. The average Bonchev–Trinajstić information content (AvgIpc) is 2.71. The number of amides is 1. The fourth-order valence-electron chi connectivity index (χ4n) is 1.53. The van der Waals surface area contributed by atoms with Crippen molar-refractivity contribution in [2.45, 2.75) is 6.92 Å². The first-order valence-electron chi connectivity index (χ1n) is 5.28. The molecular weight excluding hydrogens is 216 g/mol. The Hall–Kier alpha value is -2.17. The van der Waals surface area contributed by atoms with E-state index in [1.807, 2.05) is 19.1 Å². The van der Waals surface area contributed by atoms with Crippen LogP contribution in [-0.4, -0.2) is 39.7 Å². The van der Waals surface area contributed by atoms with Crippen LogP contribution in [0.4, 0.5) is 0 Å². The van der Waals surface area contributed by atoms with Gasteiger partial charge in [0.1, 0.15) is 0 Å². The predicted octanol–water partition coefficient (Wildman–Crippen LogP) is 1.28. The molecule has 2 aromatic heterocycles. The molecule has 2 heterocycles. The molecule has 0 N–H and O–H groups in total. The van der Waals surface area contributed by atoms with Crippen molar-refractivity contribution in [1.29, 1.82) is 0 Å². The molecule has 0 bridgehead atoms. The topological polar surface area (TPSA) is 51.0 Å². The number of carbonyl (C=O) groups is 1. The summed E-state index contributed by atoms with van der Waals surface area (Å²) in [5, 5.41) is 4.31. The van der Waals surface area contributed by atoms with Gasteiger partial charge in [-0.1, -0.05) is 0 Å². The van der Waals surface area contributed by atoms with Gasteiger partial charge in [-0.25, -0.2) is 4.68 Å². The summed E-state index contributed by atoms with van der Waals surface area (Å²) >= 11 is 0. The normalized spacial score (nSPS) is 10.3. The van der Waals surface area contributed by atoms with E-state index in [-0.39, 0.29) is 5.91 Å². The van der Waals surface area contributed by atoms with Gasteiger partial charge in [0.15, 0.2) is 0 Å². The minimum Gasteiger partial charge on any atom is -0.345 e. The first kappa shape index (κ1) is 11.3. The van der Waals surface area contributed by atoms with E-state index in [0.717, 1.165) is 5.69 Å². The summed E-state index contributed by atoms with van der Waals surface area (Å²) in [5.41, 5.74) is 2.17. The lowest BCUT2D eigenvalue weighted by molar-refractivity contribution is 0.0827. The van der Waals surface area contributed by atoms with Gasteiger partial charge >= 0.3 is 0 Å². The van der Waals surface area contributed by atoms with E-state index >= 15 is 0 Å². The second kappa shape index (κ2) is 4.37. The molecule has 0 saturated heterocycles. The third-order valence-corrected chi connectivity index (χ3v) is 2.45. The zero-order chi connectivity index (χ0) is 12.4. The van der Waals surface area contributed by atoms with Crippen LogP contribution in [0, 0.1) is 6.92 Å². The fourth-order valence-corrected chi connectivity index (χ4v) is 1.53. The maximum Gasteiger partial charge on any atom is 0.256 e. The fraction of sp³-hybridized carbons (Fsp3) is 0.250. The summed E-state index contributed by atoms with van der Waals surface area (Å²) in [6, 6.07) is 3.73. The van der Waals surface area contributed by atoms with Crippen molar-refractivity contribution in [2.24, 2.45) is 0 Å². The number of carbonyl (C=O) groups excluding carboxylic acids is 1. The molecule has 5 nitrogen and oxygen atoms in total. The van der Waals surface area contributed by atoms with Crippen LogP contribution in [0.5, 0.6) is 0 Å². The Labute approximate surface area is 99.7 Å². The van der Waals surface area contributed by atoms with Crippen molar-refractivity contribution in [3.05, 3.63) is 42.0 Å². The molecule has 5 heteroatoms. The number of hydrogen-bond acceptors (Lipinski definition) is 3. The molecule has 0 unspecified atom stereocenters. The summed E-state index contributed by atoms with van der Waals surface area (Å²) in [7, 11) is 3.45. The van der Waals surface area contributed by atoms with Gasteiger partial charge < -0.3 is 4.90 Å². The standard InChI is InChI=1S/C12H14N4O/c1-9-11(12(17)15(2)3)8-16(14-9)10-5-4-6-13-7-10/h4-8H,1-3H3. The second-order valence-electron chi connectivity index (χ2n) is 3.98. The van der Waals surface area contributed by atoms with E-state index in [4.69, 9.17) is 0 Å². The van der Waals surface area contributed by atoms with Crippen molar-refractivity contribution in [3.8, 4) is 5.69 Å². The maximum absolute atomic E-state index is 11.9. The van der Waals surface area contributed by atoms with Crippen LogP contribution in [0.2, 0.25) is 0 Å². The summed E-state index contributed by atoms with van der Waals surface area (Å²) in [6.07, 6.45) is 5.14.